The highest BCUT2D eigenvalue weighted by atomic mass is 35.5. The Labute approximate surface area is 161 Å². The molecule has 0 spiro atoms. The van der Waals surface area contributed by atoms with Crippen LogP contribution in [0.2, 0.25) is 10.0 Å². The van der Waals surface area contributed by atoms with Crippen LogP contribution in [0, 0.1) is 0 Å². The lowest BCUT2D eigenvalue weighted by molar-refractivity contribution is -0.143. The molecule has 0 saturated carbocycles. The van der Waals surface area contributed by atoms with Crippen molar-refractivity contribution < 1.29 is 19.4 Å². The zero-order valence-corrected chi connectivity index (χ0v) is 15.3. The second-order valence-corrected chi connectivity index (χ2v) is 7.04. The number of carboxylic acid groups (broad SMARTS) is 1. The summed E-state index contributed by atoms with van der Waals surface area (Å²) in [6, 6.07) is 14.1. The lowest BCUT2D eigenvalue weighted by Crippen LogP contribution is -2.40. The lowest BCUT2D eigenvalue weighted by Gasteiger charge is -2.25. The van der Waals surface area contributed by atoms with Crippen molar-refractivity contribution in [2.45, 2.75) is 18.4 Å². The van der Waals surface area contributed by atoms with Crippen LogP contribution >= 0.6 is 23.2 Å². The van der Waals surface area contributed by atoms with Gasteiger partial charge in [0.25, 0.3) is 0 Å². The largest absolute Gasteiger partial charge is 0.481 e. The first kappa shape index (κ1) is 18.5. The zero-order chi connectivity index (χ0) is 18.7. The normalized spacial score (nSPS) is 19.4. The van der Waals surface area contributed by atoms with E-state index in [1.165, 1.54) is 4.90 Å². The van der Waals surface area contributed by atoms with Crippen LogP contribution in [0.4, 0.5) is 4.79 Å². The van der Waals surface area contributed by atoms with E-state index in [2.05, 4.69) is 0 Å². The van der Waals surface area contributed by atoms with E-state index in [-0.39, 0.29) is 24.6 Å². The molecule has 1 heterocycles. The maximum atomic E-state index is 12.3. The molecule has 1 amide bonds. The number of likely N-dealkylation sites (tertiary alicyclic amines) is 1. The van der Waals surface area contributed by atoms with Crippen LogP contribution in [0.5, 0.6) is 0 Å². The van der Waals surface area contributed by atoms with E-state index in [0.717, 1.165) is 5.56 Å². The van der Waals surface area contributed by atoms with Gasteiger partial charge in [0.2, 0.25) is 0 Å². The minimum absolute atomic E-state index is 0.0217. The number of halogens is 2. The van der Waals surface area contributed by atoms with Crippen LogP contribution in [-0.4, -0.2) is 35.2 Å². The zero-order valence-electron chi connectivity index (χ0n) is 13.8. The molecule has 1 fully saturated rings. The summed E-state index contributed by atoms with van der Waals surface area (Å²) in [4.78, 5) is 25.8. The minimum Gasteiger partial charge on any atom is -0.481 e. The fourth-order valence-electron chi connectivity index (χ4n) is 3.10. The second kappa shape index (κ2) is 7.56. The molecule has 0 aromatic heterocycles. The van der Waals surface area contributed by atoms with Crippen molar-refractivity contribution in [3.05, 3.63) is 69.7 Å². The average molecular weight is 394 g/mol. The van der Waals surface area contributed by atoms with Gasteiger partial charge in [-0.2, -0.15) is 0 Å². The molecule has 0 bridgehead atoms. The maximum Gasteiger partial charge on any atom is 0.410 e. The highest BCUT2D eigenvalue weighted by Crippen LogP contribution is 2.38. The number of rotatable bonds is 4. The first-order chi connectivity index (χ1) is 12.4. The van der Waals surface area contributed by atoms with Crippen LogP contribution in [0.25, 0.3) is 0 Å². The first-order valence-electron chi connectivity index (χ1n) is 8.07. The van der Waals surface area contributed by atoms with Crippen molar-refractivity contribution in [1.82, 2.24) is 4.90 Å². The van der Waals surface area contributed by atoms with Gasteiger partial charge in [0.05, 0.1) is 10.0 Å². The molecule has 1 N–H and O–H groups in total. The molecule has 5 nitrogen and oxygen atoms in total. The third kappa shape index (κ3) is 3.64. The van der Waals surface area contributed by atoms with E-state index < -0.39 is 17.5 Å². The Morgan fingerprint density at radius 1 is 1.12 bits per heavy atom. The molecule has 1 unspecified atom stereocenters. The van der Waals surface area contributed by atoms with Crippen LogP contribution < -0.4 is 0 Å². The summed E-state index contributed by atoms with van der Waals surface area (Å²) in [5.41, 5.74) is 0.173. The quantitative estimate of drug-likeness (QED) is 0.837. The van der Waals surface area contributed by atoms with Gasteiger partial charge in [0.15, 0.2) is 0 Å². The standard InChI is InChI=1S/C19H17Cl2NO4/c20-15-7-6-14(10-16(15)21)19(17(23)24)8-9-22(12-19)18(25)26-11-13-4-2-1-3-5-13/h1-7,10H,8-9,11-12H2,(H,23,24). The Morgan fingerprint density at radius 2 is 1.85 bits per heavy atom. The van der Waals surface area contributed by atoms with Crippen molar-refractivity contribution >= 4 is 35.3 Å². The third-order valence-corrected chi connectivity index (χ3v) is 5.35. The van der Waals surface area contributed by atoms with Gasteiger partial charge in [-0.3, -0.25) is 4.79 Å². The summed E-state index contributed by atoms with van der Waals surface area (Å²) in [6.45, 7) is 0.455. The van der Waals surface area contributed by atoms with Crippen LogP contribution in [0.1, 0.15) is 17.5 Å². The van der Waals surface area contributed by atoms with E-state index in [1.807, 2.05) is 30.3 Å². The Balaban J connectivity index is 1.74. The number of carbonyl (C=O) groups excluding carboxylic acids is 1. The van der Waals surface area contributed by atoms with E-state index in [0.29, 0.717) is 17.1 Å². The molecule has 2 aromatic carbocycles. The Hall–Kier alpha value is -2.24. The van der Waals surface area contributed by atoms with Crippen LogP contribution in [0.3, 0.4) is 0 Å². The van der Waals surface area contributed by atoms with Gasteiger partial charge in [-0.15, -0.1) is 0 Å². The Bertz CT molecular complexity index is 828. The molecule has 136 valence electrons. The smallest absolute Gasteiger partial charge is 0.410 e. The number of hydrogen-bond acceptors (Lipinski definition) is 3. The number of carbonyl (C=O) groups is 2. The topological polar surface area (TPSA) is 66.8 Å². The average Bonchev–Trinajstić information content (AvgIpc) is 3.10. The first-order valence-corrected chi connectivity index (χ1v) is 8.82. The highest BCUT2D eigenvalue weighted by Gasteiger charge is 2.48. The second-order valence-electron chi connectivity index (χ2n) is 6.23. The molecular weight excluding hydrogens is 377 g/mol. The summed E-state index contributed by atoms with van der Waals surface area (Å²) in [5.74, 6) is -1.01. The number of amides is 1. The van der Waals surface area contributed by atoms with Gasteiger partial charge in [-0.05, 0) is 29.7 Å². The number of ether oxygens (including phenoxy) is 1. The number of hydrogen-bond donors (Lipinski definition) is 1. The number of aliphatic carboxylic acids is 1. The maximum absolute atomic E-state index is 12.3. The molecule has 3 rings (SSSR count). The van der Waals surface area contributed by atoms with Crippen LogP contribution in [-0.2, 0) is 21.6 Å². The predicted octanol–water partition coefficient (Wildman–Crippen LogP) is 4.36. The summed E-state index contributed by atoms with van der Waals surface area (Å²) in [6.07, 6.45) is -0.252. The third-order valence-electron chi connectivity index (χ3n) is 4.61. The van der Waals surface area contributed by atoms with Crippen molar-refractivity contribution in [1.29, 1.82) is 0 Å². The van der Waals surface area contributed by atoms with E-state index >= 15 is 0 Å². The summed E-state index contributed by atoms with van der Waals surface area (Å²) >= 11 is 12.0. The summed E-state index contributed by atoms with van der Waals surface area (Å²) in [7, 11) is 0. The molecule has 2 aromatic rings. The SMILES string of the molecule is O=C(OCc1ccccc1)N1CCC(C(=O)O)(c2ccc(Cl)c(Cl)c2)C1. The van der Waals surface area contributed by atoms with E-state index in [1.54, 1.807) is 18.2 Å². The molecule has 1 aliphatic heterocycles. The summed E-state index contributed by atoms with van der Waals surface area (Å²) < 4.78 is 5.31. The minimum atomic E-state index is -1.22. The fraction of sp³-hybridized carbons (Fsp3) is 0.263. The Morgan fingerprint density at radius 3 is 2.50 bits per heavy atom. The lowest BCUT2D eigenvalue weighted by atomic mass is 9.80. The predicted molar refractivity (Wildman–Crippen MR) is 98.6 cm³/mol. The molecular formula is C19H17Cl2NO4. The van der Waals surface area contributed by atoms with Gasteiger partial charge < -0.3 is 14.7 Å². The van der Waals surface area contributed by atoms with Gasteiger partial charge in [0, 0.05) is 13.1 Å². The number of benzene rings is 2. The monoisotopic (exact) mass is 393 g/mol. The van der Waals surface area contributed by atoms with Crippen molar-refractivity contribution in [2.75, 3.05) is 13.1 Å². The highest BCUT2D eigenvalue weighted by molar-refractivity contribution is 6.42. The molecule has 1 aliphatic rings. The van der Waals surface area contributed by atoms with Gasteiger partial charge >= 0.3 is 12.1 Å². The molecule has 26 heavy (non-hydrogen) atoms. The fourth-order valence-corrected chi connectivity index (χ4v) is 3.40. The van der Waals surface area contributed by atoms with Crippen molar-refractivity contribution in [3.63, 3.8) is 0 Å². The summed E-state index contributed by atoms with van der Waals surface area (Å²) in [5, 5.41) is 10.5. The van der Waals surface area contributed by atoms with Gasteiger partial charge in [-0.1, -0.05) is 59.6 Å². The number of carboxylic acids is 1. The molecule has 7 heteroatoms. The van der Waals surface area contributed by atoms with Crippen molar-refractivity contribution in [3.8, 4) is 0 Å². The molecule has 0 aliphatic carbocycles. The molecule has 0 radical (unpaired) electrons. The van der Waals surface area contributed by atoms with Gasteiger partial charge in [0.1, 0.15) is 12.0 Å². The molecule has 1 atom stereocenters. The van der Waals surface area contributed by atoms with E-state index in [9.17, 15) is 14.7 Å². The van der Waals surface area contributed by atoms with Crippen LogP contribution in [0.15, 0.2) is 48.5 Å². The Kier molecular flexibility index (Phi) is 5.39. The van der Waals surface area contributed by atoms with Crippen molar-refractivity contribution in [2.24, 2.45) is 0 Å². The molecule has 1 saturated heterocycles. The van der Waals surface area contributed by atoms with Gasteiger partial charge in [-0.25, -0.2) is 4.79 Å². The number of nitrogens with zero attached hydrogens (tertiary/aromatic N) is 1. The van der Waals surface area contributed by atoms with E-state index in [4.69, 9.17) is 27.9 Å².